The van der Waals surface area contributed by atoms with Crippen LogP contribution in [0.2, 0.25) is 0 Å². The number of benzene rings is 3. The lowest BCUT2D eigenvalue weighted by molar-refractivity contribution is -0.141. The molecule has 0 spiro atoms. The number of aryl methyl sites for hydroxylation is 2. The van der Waals surface area contributed by atoms with Crippen molar-refractivity contribution in [2.75, 3.05) is 13.2 Å². The third-order valence-corrected chi connectivity index (χ3v) is 5.29. The Balaban J connectivity index is 1.77. The number of ether oxygens (including phenoxy) is 3. The highest BCUT2D eigenvalue weighted by atomic mass is 16.6. The molecule has 5 heteroatoms. The van der Waals surface area contributed by atoms with Crippen molar-refractivity contribution in [2.24, 2.45) is 0 Å². The molecule has 3 aromatic carbocycles. The fourth-order valence-corrected chi connectivity index (χ4v) is 3.69. The maximum absolute atomic E-state index is 10.9. The van der Waals surface area contributed by atoms with Gasteiger partial charge in [0, 0.05) is 12.5 Å². The monoisotopic (exact) mass is 432 g/mol. The molecule has 0 aliphatic heterocycles. The van der Waals surface area contributed by atoms with E-state index >= 15 is 0 Å². The van der Waals surface area contributed by atoms with E-state index in [0.29, 0.717) is 18.8 Å². The molecule has 0 radical (unpaired) electrons. The minimum atomic E-state index is -0.311. The smallest absolute Gasteiger partial charge is 0.302 e. The molecule has 0 saturated carbocycles. The highest BCUT2D eigenvalue weighted by Gasteiger charge is 2.13. The van der Waals surface area contributed by atoms with Gasteiger partial charge in [0.05, 0.1) is 0 Å². The second kappa shape index (κ2) is 10.6. The predicted molar refractivity (Wildman–Crippen MR) is 124 cm³/mol. The zero-order valence-electron chi connectivity index (χ0n) is 18.9. The standard InChI is InChI=1S/C27H28O5/c1-18-14-25(31-13-12-30-21(4)29)15-19(2)27(18)26-7-5-6-23(20(26)3)17-32-24-10-8-22(16-28)9-11-24/h5-11,14-16H,12-13,17H2,1-4H3. The number of rotatable bonds is 9. The van der Waals surface area contributed by atoms with Gasteiger partial charge in [-0.3, -0.25) is 9.59 Å². The van der Waals surface area contributed by atoms with E-state index in [2.05, 4.69) is 32.9 Å². The lowest BCUT2D eigenvalue weighted by Crippen LogP contribution is -2.09. The first-order chi connectivity index (χ1) is 15.4. The fraction of sp³-hybridized carbons (Fsp3) is 0.259. The number of esters is 1. The summed E-state index contributed by atoms with van der Waals surface area (Å²) < 4.78 is 16.6. The van der Waals surface area contributed by atoms with Gasteiger partial charge in [-0.15, -0.1) is 0 Å². The van der Waals surface area contributed by atoms with Gasteiger partial charge in [-0.2, -0.15) is 0 Å². The Morgan fingerprint density at radius 2 is 1.56 bits per heavy atom. The van der Waals surface area contributed by atoms with Crippen molar-refractivity contribution in [1.29, 1.82) is 0 Å². The Morgan fingerprint density at radius 1 is 0.875 bits per heavy atom. The summed E-state index contributed by atoms with van der Waals surface area (Å²) in [5.41, 5.74) is 7.43. The molecule has 0 heterocycles. The molecule has 0 amide bonds. The number of carbonyl (C=O) groups is 2. The molecule has 0 bridgehead atoms. The van der Waals surface area contributed by atoms with Crippen LogP contribution < -0.4 is 9.47 Å². The highest BCUT2D eigenvalue weighted by molar-refractivity contribution is 5.76. The molecule has 3 aromatic rings. The molecule has 0 fully saturated rings. The lowest BCUT2D eigenvalue weighted by atomic mass is 9.90. The SMILES string of the molecule is CC(=O)OCCOc1cc(C)c(-c2cccc(COc3ccc(C=O)cc3)c2C)c(C)c1. The summed E-state index contributed by atoms with van der Waals surface area (Å²) in [5, 5.41) is 0. The van der Waals surface area contributed by atoms with Crippen molar-refractivity contribution in [1.82, 2.24) is 0 Å². The van der Waals surface area contributed by atoms with Crippen molar-refractivity contribution in [2.45, 2.75) is 34.3 Å². The van der Waals surface area contributed by atoms with Crippen molar-refractivity contribution in [3.05, 3.63) is 82.4 Å². The zero-order valence-corrected chi connectivity index (χ0v) is 18.9. The molecule has 0 unspecified atom stereocenters. The number of aldehydes is 1. The first kappa shape index (κ1) is 23.1. The van der Waals surface area contributed by atoms with E-state index in [9.17, 15) is 9.59 Å². The molecule has 0 N–H and O–H groups in total. The van der Waals surface area contributed by atoms with Crippen LogP contribution in [0.15, 0.2) is 54.6 Å². The van der Waals surface area contributed by atoms with Crippen molar-refractivity contribution >= 4 is 12.3 Å². The Morgan fingerprint density at radius 3 is 2.19 bits per heavy atom. The molecular formula is C27H28O5. The minimum absolute atomic E-state index is 0.230. The minimum Gasteiger partial charge on any atom is -0.490 e. The molecule has 0 aliphatic rings. The van der Waals surface area contributed by atoms with Crippen LogP contribution in [0, 0.1) is 20.8 Å². The molecule has 166 valence electrons. The molecular weight excluding hydrogens is 404 g/mol. The van der Waals surface area contributed by atoms with Gasteiger partial charge in [-0.1, -0.05) is 18.2 Å². The van der Waals surface area contributed by atoms with E-state index in [0.717, 1.165) is 45.6 Å². The average molecular weight is 433 g/mol. The Labute approximate surface area is 188 Å². The number of carbonyl (C=O) groups excluding carboxylic acids is 2. The van der Waals surface area contributed by atoms with Crippen molar-refractivity contribution < 1.29 is 23.8 Å². The van der Waals surface area contributed by atoms with E-state index in [1.54, 1.807) is 24.3 Å². The van der Waals surface area contributed by atoms with E-state index in [1.807, 2.05) is 18.2 Å². The average Bonchev–Trinajstić information content (AvgIpc) is 2.77. The maximum atomic E-state index is 10.9. The molecule has 32 heavy (non-hydrogen) atoms. The summed E-state index contributed by atoms with van der Waals surface area (Å²) in [6.45, 7) is 8.61. The summed E-state index contributed by atoms with van der Waals surface area (Å²) in [4.78, 5) is 21.7. The lowest BCUT2D eigenvalue weighted by Gasteiger charge is -2.18. The highest BCUT2D eigenvalue weighted by Crippen LogP contribution is 2.34. The van der Waals surface area contributed by atoms with Gasteiger partial charge in [0.15, 0.2) is 0 Å². The number of hydrogen-bond acceptors (Lipinski definition) is 5. The van der Waals surface area contributed by atoms with E-state index in [4.69, 9.17) is 14.2 Å². The van der Waals surface area contributed by atoms with Gasteiger partial charge in [-0.05, 0) is 90.6 Å². The van der Waals surface area contributed by atoms with Crippen LogP contribution in [0.25, 0.3) is 11.1 Å². The summed E-state index contributed by atoms with van der Waals surface area (Å²) in [7, 11) is 0. The van der Waals surface area contributed by atoms with Gasteiger partial charge in [0.2, 0.25) is 0 Å². The van der Waals surface area contributed by atoms with Gasteiger partial charge < -0.3 is 14.2 Å². The first-order valence-corrected chi connectivity index (χ1v) is 10.5. The van der Waals surface area contributed by atoms with E-state index < -0.39 is 0 Å². The van der Waals surface area contributed by atoms with Gasteiger partial charge in [-0.25, -0.2) is 0 Å². The fourth-order valence-electron chi connectivity index (χ4n) is 3.69. The summed E-state index contributed by atoms with van der Waals surface area (Å²) in [5.74, 6) is 1.17. The third kappa shape index (κ3) is 5.76. The molecule has 0 aliphatic carbocycles. The summed E-state index contributed by atoms with van der Waals surface area (Å²) in [6, 6.07) is 17.3. The van der Waals surface area contributed by atoms with Crippen LogP contribution in [0.4, 0.5) is 0 Å². The molecule has 5 nitrogen and oxygen atoms in total. The summed E-state index contributed by atoms with van der Waals surface area (Å²) in [6.07, 6.45) is 0.818. The Kier molecular flexibility index (Phi) is 7.66. The van der Waals surface area contributed by atoms with Crippen LogP contribution in [0.3, 0.4) is 0 Å². The first-order valence-electron chi connectivity index (χ1n) is 10.5. The maximum Gasteiger partial charge on any atom is 0.302 e. The molecule has 0 atom stereocenters. The van der Waals surface area contributed by atoms with Gasteiger partial charge in [0.25, 0.3) is 0 Å². The predicted octanol–water partition coefficient (Wildman–Crippen LogP) is 5.61. The van der Waals surface area contributed by atoms with Crippen LogP contribution in [-0.2, 0) is 16.1 Å². The molecule has 0 aromatic heterocycles. The quantitative estimate of drug-likeness (QED) is 0.250. The van der Waals surface area contributed by atoms with Crippen LogP contribution in [0.5, 0.6) is 11.5 Å². The van der Waals surface area contributed by atoms with Gasteiger partial charge in [0.1, 0.15) is 37.6 Å². The number of hydrogen-bond donors (Lipinski definition) is 0. The second-order valence-electron chi connectivity index (χ2n) is 7.69. The van der Waals surface area contributed by atoms with E-state index in [-0.39, 0.29) is 12.6 Å². The largest absolute Gasteiger partial charge is 0.490 e. The third-order valence-electron chi connectivity index (χ3n) is 5.29. The second-order valence-corrected chi connectivity index (χ2v) is 7.69. The molecule has 0 saturated heterocycles. The van der Waals surface area contributed by atoms with Crippen LogP contribution in [0.1, 0.15) is 39.5 Å². The molecule has 3 rings (SSSR count). The van der Waals surface area contributed by atoms with Crippen LogP contribution >= 0.6 is 0 Å². The summed E-state index contributed by atoms with van der Waals surface area (Å²) >= 11 is 0. The normalized spacial score (nSPS) is 10.5. The van der Waals surface area contributed by atoms with Gasteiger partial charge >= 0.3 is 5.97 Å². The van der Waals surface area contributed by atoms with Crippen molar-refractivity contribution in [3.8, 4) is 22.6 Å². The van der Waals surface area contributed by atoms with Crippen LogP contribution in [-0.4, -0.2) is 25.5 Å². The topological polar surface area (TPSA) is 61.8 Å². The zero-order chi connectivity index (χ0) is 23.1. The van der Waals surface area contributed by atoms with Crippen molar-refractivity contribution in [3.63, 3.8) is 0 Å². The Bertz CT molecular complexity index is 1080. The van der Waals surface area contributed by atoms with E-state index in [1.165, 1.54) is 12.5 Å². The Hall–Kier alpha value is -3.60.